The van der Waals surface area contributed by atoms with E-state index in [1.165, 1.54) is 0 Å². The third-order valence-electron chi connectivity index (χ3n) is 1.49. The minimum atomic E-state index is -0.363. The van der Waals surface area contributed by atoms with Crippen molar-refractivity contribution < 1.29 is 4.39 Å². The van der Waals surface area contributed by atoms with E-state index in [0.29, 0.717) is 6.42 Å². The highest BCUT2D eigenvalue weighted by Crippen LogP contribution is 2.07. The van der Waals surface area contributed by atoms with Gasteiger partial charge in [-0.25, -0.2) is 4.39 Å². The Morgan fingerprint density at radius 1 is 1.27 bits per heavy atom. The Bertz CT molecular complexity index is 198. The topological polar surface area (TPSA) is 0 Å². The monoisotopic (exact) mass is 170 g/mol. The van der Waals surface area contributed by atoms with Gasteiger partial charge in [0.15, 0.2) is 0 Å². The Kier molecular flexibility index (Phi) is 3.43. The summed E-state index contributed by atoms with van der Waals surface area (Å²) in [5.74, 6) is 0. The Hall–Kier alpha value is -0.500. The van der Waals surface area contributed by atoms with Gasteiger partial charge in [0.05, 0.1) is 0 Å². The van der Waals surface area contributed by atoms with Crippen molar-refractivity contribution in [1.82, 2.24) is 0 Å². The summed E-state index contributed by atoms with van der Waals surface area (Å²) in [6.07, 6.45) is 0.709. The lowest BCUT2D eigenvalue weighted by atomic mass is 10.1. The molecule has 0 radical (unpaired) electrons. The molecular weight excluding hydrogens is 159 g/mol. The van der Waals surface area contributed by atoms with Crippen molar-refractivity contribution in [3.63, 3.8) is 0 Å². The summed E-state index contributed by atoms with van der Waals surface area (Å²) in [5, 5.41) is -0.155. The summed E-state index contributed by atoms with van der Waals surface area (Å²) in [6.45, 7) is -0.363. The highest BCUT2D eigenvalue weighted by atomic mass is 32.1. The van der Waals surface area contributed by atoms with E-state index in [2.05, 4.69) is 12.6 Å². The molecule has 1 unspecified atom stereocenters. The number of thiol groups is 1. The van der Waals surface area contributed by atoms with Crippen LogP contribution >= 0.6 is 12.6 Å². The molecule has 60 valence electrons. The summed E-state index contributed by atoms with van der Waals surface area (Å²) in [4.78, 5) is 0. The molecule has 0 aliphatic carbocycles. The predicted molar refractivity (Wildman–Crippen MR) is 48.9 cm³/mol. The molecule has 2 heteroatoms. The molecule has 1 aromatic rings. The van der Waals surface area contributed by atoms with E-state index in [4.69, 9.17) is 0 Å². The van der Waals surface area contributed by atoms with Crippen LogP contribution in [0.5, 0.6) is 0 Å². The van der Waals surface area contributed by atoms with Crippen molar-refractivity contribution in [1.29, 1.82) is 0 Å². The van der Waals surface area contributed by atoms with Crippen molar-refractivity contribution in [3.8, 4) is 0 Å². The van der Waals surface area contributed by atoms with Gasteiger partial charge in [-0.2, -0.15) is 12.6 Å². The van der Waals surface area contributed by atoms with Crippen molar-refractivity contribution in [2.75, 3.05) is 6.67 Å². The fourth-order valence-electron chi connectivity index (χ4n) is 0.941. The first-order chi connectivity index (χ1) is 5.33. The van der Waals surface area contributed by atoms with Gasteiger partial charge >= 0.3 is 0 Å². The molecule has 0 nitrogen and oxygen atoms in total. The molecule has 0 saturated carbocycles. The highest BCUT2D eigenvalue weighted by molar-refractivity contribution is 7.81. The third-order valence-corrected chi connectivity index (χ3v) is 1.81. The van der Waals surface area contributed by atoms with Crippen LogP contribution in [0.3, 0.4) is 0 Å². The first-order valence-electron chi connectivity index (χ1n) is 3.61. The average Bonchev–Trinajstić information content (AvgIpc) is 2.06. The Balaban J connectivity index is 2.51. The lowest BCUT2D eigenvalue weighted by molar-refractivity contribution is 0.483. The van der Waals surface area contributed by atoms with Gasteiger partial charge in [0.25, 0.3) is 0 Å². The molecule has 0 aliphatic heterocycles. The van der Waals surface area contributed by atoms with E-state index < -0.39 is 0 Å². The second kappa shape index (κ2) is 4.39. The summed E-state index contributed by atoms with van der Waals surface area (Å²) >= 11 is 4.07. The van der Waals surface area contributed by atoms with Gasteiger partial charge in [-0.15, -0.1) is 0 Å². The van der Waals surface area contributed by atoms with Crippen LogP contribution in [-0.4, -0.2) is 11.9 Å². The molecule has 0 aromatic heterocycles. The van der Waals surface area contributed by atoms with Crippen LogP contribution < -0.4 is 0 Å². The number of benzene rings is 1. The number of alkyl halides is 1. The SMILES string of the molecule is FCC(S)Cc1ccccc1. The third kappa shape index (κ3) is 2.93. The molecule has 1 aromatic carbocycles. The second-order valence-electron chi connectivity index (χ2n) is 2.50. The first kappa shape index (κ1) is 8.60. The van der Waals surface area contributed by atoms with Gasteiger partial charge in [-0.3, -0.25) is 0 Å². The molecule has 0 fully saturated rings. The van der Waals surface area contributed by atoms with Gasteiger partial charge in [0.2, 0.25) is 0 Å². The van der Waals surface area contributed by atoms with Crippen LogP contribution in [0.25, 0.3) is 0 Å². The molecule has 0 amide bonds. The molecule has 0 heterocycles. The maximum atomic E-state index is 12.0. The van der Waals surface area contributed by atoms with E-state index >= 15 is 0 Å². The van der Waals surface area contributed by atoms with Gasteiger partial charge in [0.1, 0.15) is 6.67 Å². The van der Waals surface area contributed by atoms with E-state index in [9.17, 15) is 4.39 Å². The number of hydrogen-bond donors (Lipinski definition) is 1. The zero-order valence-corrected chi connectivity index (χ0v) is 7.10. The van der Waals surface area contributed by atoms with E-state index in [1.807, 2.05) is 30.3 Å². The van der Waals surface area contributed by atoms with Crippen LogP contribution in [0.1, 0.15) is 5.56 Å². The molecule has 0 aliphatic rings. The van der Waals surface area contributed by atoms with Gasteiger partial charge in [-0.1, -0.05) is 30.3 Å². The normalized spacial score (nSPS) is 12.9. The van der Waals surface area contributed by atoms with Gasteiger partial charge in [-0.05, 0) is 12.0 Å². The van der Waals surface area contributed by atoms with Crippen LogP contribution in [0.2, 0.25) is 0 Å². The van der Waals surface area contributed by atoms with Crippen LogP contribution in [0.15, 0.2) is 30.3 Å². The maximum absolute atomic E-state index is 12.0. The second-order valence-corrected chi connectivity index (χ2v) is 3.23. The Morgan fingerprint density at radius 3 is 2.45 bits per heavy atom. The number of rotatable bonds is 3. The van der Waals surface area contributed by atoms with Crippen LogP contribution in [0.4, 0.5) is 4.39 Å². The average molecular weight is 170 g/mol. The molecule has 11 heavy (non-hydrogen) atoms. The fraction of sp³-hybridized carbons (Fsp3) is 0.333. The van der Waals surface area contributed by atoms with E-state index in [0.717, 1.165) is 5.56 Å². The zero-order valence-electron chi connectivity index (χ0n) is 6.20. The van der Waals surface area contributed by atoms with Crippen LogP contribution in [-0.2, 0) is 6.42 Å². The molecule has 0 saturated heterocycles. The minimum absolute atomic E-state index is 0.155. The fourth-order valence-corrected chi connectivity index (χ4v) is 1.15. The van der Waals surface area contributed by atoms with E-state index in [1.54, 1.807) is 0 Å². The largest absolute Gasteiger partial charge is 0.250 e. The van der Waals surface area contributed by atoms with Gasteiger partial charge < -0.3 is 0 Å². The lowest BCUT2D eigenvalue weighted by Gasteiger charge is -2.04. The van der Waals surface area contributed by atoms with Gasteiger partial charge in [0, 0.05) is 5.25 Å². The van der Waals surface area contributed by atoms with Crippen molar-refractivity contribution >= 4 is 12.6 Å². The van der Waals surface area contributed by atoms with E-state index in [-0.39, 0.29) is 11.9 Å². The standard InChI is InChI=1S/C9H11FS/c10-7-9(11)6-8-4-2-1-3-5-8/h1-5,9,11H,6-7H2. The number of hydrogen-bond acceptors (Lipinski definition) is 1. The molecule has 0 bridgehead atoms. The summed E-state index contributed by atoms with van der Waals surface area (Å²) in [7, 11) is 0. The highest BCUT2D eigenvalue weighted by Gasteiger charge is 2.01. The number of halogens is 1. The van der Waals surface area contributed by atoms with Crippen LogP contribution in [0, 0.1) is 0 Å². The van der Waals surface area contributed by atoms with Crippen molar-refractivity contribution in [2.45, 2.75) is 11.7 Å². The maximum Gasteiger partial charge on any atom is 0.101 e. The first-order valence-corrected chi connectivity index (χ1v) is 4.12. The predicted octanol–water partition coefficient (Wildman–Crippen LogP) is 2.50. The molecule has 1 rings (SSSR count). The quantitative estimate of drug-likeness (QED) is 0.662. The Morgan fingerprint density at radius 2 is 1.91 bits per heavy atom. The molecular formula is C9H11FS. The Labute approximate surface area is 71.8 Å². The summed E-state index contributed by atoms with van der Waals surface area (Å²) in [6, 6.07) is 9.83. The van der Waals surface area contributed by atoms with Crippen molar-refractivity contribution in [2.24, 2.45) is 0 Å². The summed E-state index contributed by atoms with van der Waals surface area (Å²) in [5.41, 5.74) is 1.14. The summed E-state index contributed by atoms with van der Waals surface area (Å²) < 4.78 is 12.0. The molecule has 0 spiro atoms. The molecule has 1 atom stereocenters. The molecule has 0 N–H and O–H groups in total. The minimum Gasteiger partial charge on any atom is -0.250 e. The zero-order chi connectivity index (χ0) is 8.10. The smallest absolute Gasteiger partial charge is 0.101 e. The lowest BCUT2D eigenvalue weighted by Crippen LogP contribution is -2.04. The van der Waals surface area contributed by atoms with Crippen molar-refractivity contribution in [3.05, 3.63) is 35.9 Å².